The molecule has 3 heteroatoms. The Kier molecular flexibility index (Phi) is 5.49. The lowest BCUT2D eigenvalue weighted by Gasteiger charge is -2.08. The highest BCUT2D eigenvalue weighted by Gasteiger charge is 2.13. The first-order chi connectivity index (χ1) is 8.61. The molecule has 0 bridgehead atoms. The van der Waals surface area contributed by atoms with Crippen LogP contribution in [-0.4, -0.2) is 0 Å². The molecule has 0 saturated heterocycles. The summed E-state index contributed by atoms with van der Waals surface area (Å²) in [5.41, 5.74) is 5.85. The number of rotatable bonds is 2. The van der Waals surface area contributed by atoms with Crippen LogP contribution in [0.3, 0.4) is 0 Å². The average molecular weight is 364 g/mol. The molecule has 0 aliphatic carbocycles. The van der Waals surface area contributed by atoms with Crippen molar-refractivity contribution in [2.45, 2.75) is 27.3 Å². The van der Waals surface area contributed by atoms with Gasteiger partial charge in [-0.25, -0.2) is 0 Å². The van der Waals surface area contributed by atoms with E-state index in [9.17, 15) is 0 Å². The fourth-order valence-electron chi connectivity index (χ4n) is 2.35. The zero-order valence-corrected chi connectivity index (χ0v) is 13.6. The molecular weight excluding hydrogens is 347 g/mol. The molecule has 0 fully saturated rings. The molecule has 2 rings (SSSR count). The van der Waals surface area contributed by atoms with E-state index in [1.165, 1.54) is 22.3 Å². The fraction of sp³-hybridized carbons (Fsp3) is 0.250. The van der Waals surface area contributed by atoms with Gasteiger partial charge in [-0.15, -0.1) is 0 Å². The van der Waals surface area contributed by atoms with Crippen molar-refractivity contribution >= 4 is 0 Å². The SMILES string of the molecule is Cc1cc(C)c(C[n+]2ccccc2C#N)c(C)c1.[I-]. The molecule has 98 valence electrons. The van der Waals surface area contributed by atoms with Gasteiger partial charge in [-0.3, -0.25) is 0 Å². The minimum Gasteiger partial charge on any atom is -1.00 e. The molecule has 1 aromatic heterocycles. The van der Waals surface area contributed by atoms with E-state index in [1.807, 2.05) is 29.0 Å². The maximum atomic E-state index is 9.11. The van der Waals surface area contributed by atoms with Crippen LogP contribution in [0.15, 0.2) is 36.5 Å². The summed E-state index contributed by atoms with van der Waals surface area (Å²) in [5.74, 6) is 0. The molecule has 0 aliphatic rings. The third-order valence-electron chi connectivity index (χ3n) is 3.22. The summed E-state index contributed by atoms with van der Waals surface area (Å²) >= 11 is 0. The minimum atomic E-state index is 0. The van der Waals surface area contributed by atoms with E-state index >= 15 is 0 Å². The lowest BCUT2D eigenvalue weighted by molar-refractivity contribution is -0.690. The molecule has 0 N–H and O–H groups in total. The van der Waals surface area contributed by atoms with Crippen molar-refractivity contribution in [1.82, 2.24) is 0 Å². The quantitative estimate of drug-likeness (QED) is 0.537. The number of aromatic nitrogens is 1. The summed E-state index contributed by atoms with van der Waals surface area (Å²) in [5, 5.41) is 9.11. The van der Waals surface area contributed by atoms with Crippen LogP contribution < -0.4 is 28.5 Å². The predicted molar refractivity (Wildman–Crippen MR) is 71.1 cm³/mol. The number of aryl methyl sites for hydroxylation is 3. The van der Waals surface area contributed by atoms with Crippen LogP contribution in [-0.2, 0) is 6.54 Å². The van der Waals surface area contributed by atoms with Crippen LogP contribution in [0.4, 0.5) is 0 Å². The van der Waals surface area contributed by atoms with Crippen molar-refractivity contribution in [3.05, 3.63) is 64.5 Å². The number of hydrogen-bond acceptors (Lipinski definition) is 1. The first-order valence-corrected chi connectivity index (χ1v) is 6.07. The number of halogens is 1. The van der Waals surface area contributed by atoms with E-state index in [0.717, 1.165) is 6.54 Å². The zero-order valence-electron chi connectivity index (χ0n) is 11.4. The number of pyridine rings is 1. The third-order valence-corrected chi connectivity index (χ3v) is 3.22. The van der Waals surface area contributed by atoms with E-state index in [0.29, 0.717) is 5.69 Å². The van der Waals surface area contributed by atoms with Gasteiger partial charge in [-0.1, -0.05) is 17.7 Å². The molecule has 0 unspecified atom stereocenters. The van der Waals surface area contributed by atoms with Gasteiger partial charge < -0.3 is 24.0 Å². The van der Waals surface area contributed by atoms with Crippen LogP contribution in [0.25, 0.3) is 0 Å². The predicted octanol–water partition coefficient (Wildman–Crippen LogP) is -0.177. The van der Waals surface area contributed by atoms with Gasteiger partial charge in [0.15, 0.2) is 18.8 Å². The van der Waals surface area contributed by atoms with Crippen LogP contribution in [0, 0.1) is 32.1 Å². The Morgan fingerprint density at radius 2 is 1.74 bits per heavy atom. The fourth-order valence-corrected chi connectivity index (χ4v) is 2.35. The van der Waals surface area contributed by atoms with Crippen molar-refractivity contribution in [3.63, 3.8) is 0 Å². The molecule has 0 spiro atoms. The van der Waals surface area contributed by atoms with Crippen molar-refractivity contribution in [2.75, 3.05) is 0 Å². The topological polar surface area (TPSA) is 27.7 Å². The first kappa shape index (κ1) is 15.6. The second-order valence-electron chi connectivity index (χ2n) is 4.70. The van der Waals surface area contributed by atoms with Crippen molar-refractivity contribution in [3.8, 4) is 6.07 Å². The lowest BCUT2D eigenvalue weighted by atomic mass is 9.99. The number of benzene rings is 1. The van der Waals surface area contributed by atoms with Gasteiger partial charge in [0.25, 0.3) is 5.69 Å². The molecule has 0 radical (unpaired) electrons. The van der Waals surface area contributed by atoms with Crippen molar-refractivity contribution in [1.29, 1.82) is 5.26 Å². The number of nitriles is 1. The Labute approximate surface area is 131 Å². The Morgan fingerprint density at radius 1 is 1.11 bits per heavy atom. The van der Waals surface area contributed by atoms with Gasteiger partial charge in [0, 0.05) is 17.7 Å². The molecule has 0 saturated carbocycles. The van der Waals surface area contributed by atoms with E-state index < -0.39 is 0 Å². The second kappa shape index (κ2) is 6.67. The van der Waals surface area contributed by atoms with Gasteiger partial charge in [-0.05, 0) is 38.0 Å². The largest absolute Gasteiger partial charge is 1.00 e. The van der Waals surface area contributed by atoms with Crippen LogP contribution in [0.2, 0.25) is 0 Å². The summed E-state index contributed by atoms with van der Waals surface area (Å²) in [4.78, 5) is 0. The average Bonchev–Trinajstić information content (AvgIpc) is 2.34. The third kappa shape index (κ3) is 3.54. The summed E-state index contributed by atoms with van der Waals surface area (Å²) in [6, 6.07) is 12.3. The van der Waals surface area contributed by atoms with Gasteiger partial charge in [0.2, 0.25) is 0 Å². The summed E-state index contributed by atoms with van der Waals surface area (Å²) < 4.78 is 1.99. The smallest absolute Gasteiger partial charge is 0.283 e. The van der Waals surface area contributed by atoms with E-state index in [-0.39, 0.29) is 24.0 Å². The van der Waals surface area contributed by atoms with Crippen molar-refractivity contribution < 1.29 is 28.5 Å². The Hall–Kier alpha value is -1.41. The van der Waals surface area contributed by atoms with E-state index in [1.54, 1.807) is 0 Å². The first-order valence-electron chi connectivity index (χ1n) is 6.07. The van der Waals surface area contributed by atoms with E-state index in [4.69, 9.17) is 5.26 Å². The Balaban J connectivity index is 0.00000180. The van der Waals surface area contributed by atoms with Crippen LogP contribution >= 0.6 is 0 Å². The molecule has 2 nitrogen and oxygen atoms in total. The summed E-state index contributed by atoms with van der Waals surface area (Å²) in [6.07, 6.45) is 1.96. The number of nitrogens with zero attached hydrogens (tertiary/aromatic N) is 2. The van der Waals surface area contributed by atoms with Crippen LogP contribution in [0.1, 0.15) is 27.9 Å². The van der Waals surface area contributed by atoms with Crippen LogP contribution in [0.5, 0.6) is 0 Å². The lowest BCUT2D eigenvalue weighted by Crippen LogP contribution is -3.00. The molecule has 19 heavy (non-hydrogen) atoms. The molecule has 0 amide bonds. The molecule has 1 aromatic carbocycles. The maximum absolute atomic E-state index is 9.11. The maximum Gasteiger partial charge on any atom is 0.283 e. The molecule has 0 atom stereocenters. The summed E-state index contributed by atoms with van der Waals surface area (Å²) in [6.45, 7) is 7.12. The number of hydrogen-bond donors (Lipinski definition) is 0. The van der Waals surface area contributed by atoms with Gasteiger partial charge >= 0.3 is 0 Å². The summed E-state index contributed by atoms with van der Waals surface area (Å²) in [7, 11) is 0. The standard InChI is InChI=1S/C16H17N2.HI/c1-12-8-13(2)16(14(3)9-12)11-18-7-5-4-6-15(18)10-17;/h4-9H,11H2,1-3H3;1H/q+1;/p-1. The van der Waals surface area contributed by atoms with Gasteiger partial charge in [0.05, 0.1) is 0 Å². The Morgan fingerprint density at radius 3 is 2.32 bits per heavy atom. The molecular formula is C16H17IN2. The highest BCUT2D eigenvalue weighted by molar-refractivity contribution is 5.36. The molecule has 0 aliphatic heterocycles. The van der Waals surface area contributed by atoms with Crippen molar-refractivity contribution in [2.24, 2.45) is 0 Å². The Bertz CT molecular complexity index is 604. The second-order valence-corrected chi connectivity index (χ2v) is 4.70. The highest BCUT2D eigenvalue weighted by atomic mass is 127. The zero-order chi connectivity index (χ0) is 13.1. The normalized spacial score (nSPS) is 9.58. The molecule has 1 heterocycles. The molecule has 2 aromatic rings. The van der Waals surface area contributed by atoms with Gasteiger partial charge in [-0.2, -0.15) is 9.83 Å². The monoisotopic (exact) mass is 364 g/mol. The van der Waals surface area contributed by atoms with Gasteiger partial charge in [0.1, 0.15) is 0 Å². The van der Waals surface area contributed by atoms with E-state index in [2.05, 4.69) is 39.0 Å². The minimum absolute atomic E-state index is 0. The highest BCUT2D eigenvalue weighted by Crippen LogP contribution is 2.16.